The van der Waals surface area contributed by atoms with Crippen LogP contribution in [0.3, 0.4) is 0 Å². The van der Waals surface area contributed by atoms with E-state index in [4.69, 9.17) is 49.6 Å². The van der Waals surface area contributed by atoms with E-state index in [1.54, 1.807) is 0 Å². The fraction of sp³-hybridized carbons (Fsp3) is 0.241. The molecule has 0 unspecified atom stereocenters. The van der Waals surface area contributed by atoms with Crippen molar-refractivity contribution in [1.29, 1.82) is 0 Å². The van der Waals surface area contributed by atoms with Gasteiger partial charge in [0.1, 0.15) is 31.3 Å². The van der Waals surface area contributed by atoms with E-state index in [1.807, 2.05) is 170 Å². The van der Waals surface area contributed by atoms with Crippen molar-refractivity contribution in [3.63, 3.8) is 0 Å². The molecule has 0 spiro atoms. The van der Waals surface area contributed by atoms with E-state index in [9.17, 15) is 33.9 Å². The number of aliphatic imine (C=N–C) groups is 2. The van der Waals surface area contributed by atoms with Gasteiger partial charge in [-0.05, 0) is 70.2 Å². The second-order valence-electron chi connectivity index (χ2n) is 17.8. The third-order valence-corrected chi connectivity index (χ3v) is 11.6. The number of carboxylic acids is 1. The summed E-state index contributed by atoms with van der Waals surface area (Å²) < 4.78 is 10.4. The zero-order valence-electron chi connectivity index (χ0n) is 44.9. The number of halogens is 3. The molecule has 6 aromatic rings. The largest absolute Gasteiger partial charge is 0.480 e. The zero-order valence-corrected chi connectivity index (χ0v) is 47.4. The first-order chi connectivity index (χ1) is 38.0. The highest BCUT2D eigenvalue weighted by Crippen LogP contribution is 2.21. The fourth-order valence-electron chi connectivity index (χ4n) is 7.35. The number of nitrogens with one attached hydrogen (secondary N) is 3. The summed E-state index contributed by atoms with van der Waals surface area (Å²) in [6.07, 6.45) is 0.638. The average molecular weight is 1190 g/mol. The van der Waals surface area contributed by atoms with E-state index < -0.39 is 60.0 Å². The topological polar surface area (TPSA) is 384 Å². The Morgan fingerprint density at radius 3 is 1.15 bits per heavy atom. The number of aliphatic carboxylic acids is 1. The van der Waals surface area contributed by atoms with Gasteiger partial charge in [0.25, 0.3) is 0 Å². The highest BCUT2D eigenvalue weighted by molar-refractivity contribution is 5.91. The molecule has 24 heteroatoms. The molecule has 440 valence electrons. The number of ether oxygens (including phenoxy) is 2. The standard InChI is InChI=1S/C29H34N6O4.C23H21NO4.C6H15N5O.3ClH/c30-26(36)24(12-7-17-33-28(31)32)34-27(37)25(35-29(38)39-19-21-8-3-1-4-9-21)18-20-13-15-23(16-14-20)22-10-5-2-6-11-22;25-22(26)21(24-23(27)28-16-18-7-3-1-4-8-18)15-17-11-13-20(14-12-17)19-9-5-2-6-10-19;7-4(5(8)12)2-1-3-11-6(9)10;;;/h1-6,8-11,13-16,24-25H,7,12,17-19H2,(H2,30,36)(H,34,37)(H,35,38)(H4,31,32,33);1-14,21H,15-16H2,(H,24,27)(H,25,26);4H,1-3,7H2,(H2,8,12)(H4,9,10,11);3*1H/t24-,25-;21-;4-;;;/m111.../s1. The first-order valence-corrected chi connectivity index (χ1v) is 25.2. The van der Waals surface area contributed by atoms with E-state index in [-0.39, 0.29) is 88.2 Å². The molecule has 0 saturated carbocycles. The third kappa shape index (κ3) is 28.3. The lowest BCUT2D eigenvalue weighted by Gasteiger charge is -2.22. The van der Waals surface area contributed by atoms with Crippen LogP contribution in [0.1, 0.15) is 47.9 Å². The van der Waals surface area contributed by atoms with Gasteiger partial charge in [-0.25, -0.2) is 14.4 Å². The van der Waals surface area contributed by atoms with Gasteiger partial charge in [-0.15, -0.1) is 37.2 Å². The molecular formula is C58H73Cl3N12O9. The minimum atomic E-state index is -1.11. The Kier molecular flexibility index (Phi) is 34.2. The molecule has 0 heterocycles. The summed E-state index contributed by atoms with van der Waals surface area (Å²) >= 11 is 0. The van der Waals surface area contributed by atoms with E-state index >= 15 is 0 Å². The minimum absolute atomic E-state index is 0. The lowest BCUT2D eigenvalue weighted by molar-refractivity contribution is -0.139. The number of nitrogens with two attached hydrogens (primary N) is 7. The Morgan fingerprint density at radius 2 is 0.780 bits per heavy atom. The Hall–Kier alpha value is -8.89. The molecule has 0 fully saturated rings. The van der Waals surface area contributed by atoms with Crippen LogP contribution < -0.4 is 56.1 Å². The number of hydrogen-bond acceptors (Lipinski definition) is 11. The maximum atomic E-state index is 13.2. The second-order valence-corrected chi connectivity index (χ2v) is 17.8. The van der Waals surface area contributed by atoms with Gasteiger partial charge < -0.3 is 70.7 Å². The predicted octanol–water partition coefficient (Wildman–Crippen LogP) is 5.61. The number of rotatable bonds is 25. The van der Waals surface area contributed by atoms with Crippen LogP contribution in [0.4, 0.5) is 9.59 Å². The molecule has 0 aliphatic carbocycles. The van der Waals surface area contributed by atoms with Gasteiger partial charge in [0.2, 0.25) is 17.7 Å². The predicted molar refractivity (Wildman–Crippen MR) is 326 cm³/mol. The molecule has 21 nitrogen and oxygen atoms in total. The number of carboxylic acid groups (broad SMARTS) is 1. The number of hydrogen-bond donors (Lipinski definition) is 11. The molecule has 5 amide bonds. The molecule has 0 saturated heterocycles. The van der Waals surface area contributed by atoms with E-state index in [0.29, 0.717) is 25.8 Å². The summed E-state index contributed by atoms with van der Waals surface area (Å²) in [7, 11) is 0. The van der Waals surface area contributed by atoms with E-state index in [2.05, 4.69) is 25.9 Å². The minimum Gasteiger partial charge on any atom is -0.480 e. The summed E-state index contributed by atoms with van der Waals surface area (Å²) in [6.45, 7) is 0.888. The number of carbonyl (C=O) groups excluding carboxylic acids is 5. The quantitative estimate of drug-likeness (QED) is 0.0189. The molecule has 4 atom stereocenters. The van der Waals surface area contributed by atoms with Gasteiger partial charge in [-0.3, -0.25) is 24.4 Å². The van der Waals surface area contributed by atoms with Crippen molar-refractivity contribution in [2.24, 2.45) is 50.1 Å². The Balaban J connectivity index is 0.000000683. The van der Waals surface area contributed by atoms with Crippen molar-refractivity contribution >= 4 is 85.0 Å². The lowest BCUT2D eigenvalue weighted by Crippen LogP contribution is -2.53. The van der Waals surface area contributed by atoms with Crippen LogP contribution in [0.2, 0.25) is 0 Å². The number of primary amides is 2. The van der Waals surface area contributed by atoms with Crippen LogP contribution in [-0.4, -0.2) is 90.2 Å². The smallest absolute Gasteiger partial charge is 0.408 e. The maximum absolute atomic E-state index is 13.2. The Labute approximate surface area is 495 Å². The summed E-state index contributed by atoms with van der Waals surface area (Å²) in [5.74, 6) is -2.90. The van der Waals surface area contributed by atoms with Gasteiger partial charge >= 0.3 is 18.2 Å². The first kappa shape index (κ1) is 71.1. The molecule has 6 rings (SSSR count). The monoisotopic (exact) mass is 1190 g/mol. The number of nitrogens with zero attached hydrogens (tertiary/aromatic N) is 2. The number of carbonyl (C=O) groups is 6. The maximum Gasteiger partial charge on any atom is 0.408 e. The molecule has 6 aromatic carbocycles. The van der Waals surface area contributed by atoms with Crippen molar-refractivity contribution in [2.45, 2.75) is 75.9 Å². The molecule has 0 aliphatic rings. The molecule has 0 aliphatic heterocycles. The van der Waals surface area contributed by atoms with Crippen molar-refractivity contribution in [3.8, 4) is 22.3 Å². The Morgan fingerprint density at radius 1 is 0.427 bits per heavy atom. The molecule has 0 radical (unpaired) electrons. The number of benzene rings is 6. The molecule has 0 aromatic heterocycles. The number of alkyl carbamates (subject to hydrolysis) is 2. The van der Waals surface area contributed by atoms with Crippen LogP contribution in [0.5, 0.6) is 0 Å². The number of guanidine groups is 2. The van der Waals surface area contributed by atoms with Gasteiger partial charge in [0.15, 0.2) is 11.9 Å². The summed E-state index contributed by atoms with van der Waals surface area (Å²) in [6, 6.07) is 49.9. The normalized spacial score (nSPS) is 11.4. The second kappa shape index (κ2) is 39.5. The molecule has 0 bridgehead atoms. The van der Waals surface area contributed by atoms with E-state index in [0.717, 1.165) is 44.5 Å². The van der Waals surface area contributed by atoms with Gasteiger partial charge in [-0.2, -0.15) is 0 Å². The van der Waals surface area contributed by atoms with Crippen LogP contribution in [-0.2, 0) is 54.7 Å². The van der Waals surface area contributed by atoms with Crippen molar-refractivity contribution in [1.82, 2.24) is 16.0 Å². The zero-order chi connectivity index (χ0) is 57.4. The fourth-order valence-corrected chi connectivity index (χ4v) is 7.35. The highest BCUT2D eigenvalue weighted by Gasteiger charge is 2.27. The lowest BCUT2D eigenvalue weighted by atomic mass is 10.00. The van der Waals surface area contributed by atoms with Gasteiger partial charge in [0.05, 0.1) is 6.04 Å². The summed E-state index contributed by atoms with van der Waals surface area (Å²) in [4.78, 5) is 79.4. The van der Waals surface area contributed by atoms with Crippen molar-refractivity contribution < 1.29 is 43.3 Å². The molecule has 18 N–H and O–H groups in total. The first-order valence-electron chi connectivity index (χ1n) is 25.2. The SMILES string of the molecule is Cl.Cl.Cl.NC(=O)[C@@H](CCCN=C(N)N)NC(=O)[C@@H](Cc1ccc(-c2ccccc2)cc1)NC(=O)OCc1ccccc1.NC(=O)[C@H](N)CCCN=C(N)N.O=C(N[C@H](Cc1ccc(-c2ccccc2)cc1)C(=O)O)OCc1ccccc1. The number of amides is 5. The molecular weight excluding hydrogens is 1120 g/mol. The van der Waals surface area contributed by atoms with Gasteiger partial charge in [0, 0.05) is 25.9 Å². The van der Waals surface area contributed by atoms with Crippen molar-refractivity contribution in [2.75, 3.05) is 13.1 Å². The van der Waals surface area contributed by atoms with E-state index in [1.165, 1.54) is 0 Å². The summed E-state index contributed by atoms with van der Waals surface area (Å²) in [5, 5.41) is 17.1. The van der Waals surface area contributed by atoms with Crippen LogP contribution >= 0.6 is 37.2 Å². The Bertz CT molecular complexity index is 2890. The third-order valence-electron chi connectivity index (χ3n) is 11.6. The van der Waals surface area contributed by atoms with Gasteiger partial charge in [-0.1, -0.05) is 170 Å². The average Bonchev–Trinajstić information content (AvgIpc) is 3.45. The van der Waals surface area contributed by atoms with Crippen LogP contribution in [0.25, 0.3) is 22.3 Å². The van der Waals surface area contributed by atoms with Crippen molar-refractivity contribution in [3.05, 3.63) is 192 Å². The van der Waals surface area contributed by atoms with Crippen LogP contribution in [0, 0.1) is 0 Å². The summed E-state index contributed by atoms with van der Waals surface area (Å²) in [5.41, 5.74) is 44.1. The highest BCUT2D eigenvalue weighted by atomic mass is 35.5. The molecule has 82 heavy (non-hydrogen) atoms. The van der Waals surface area contributed by atoms with Crippen LogP contribution in [0.15, 0.2) is 180 Å².